The topological polar surface area (TPSA) is 118 Å². The van der Waals surface area contributed by atoms with Crippen LogP contribution < -0.4 is 0 Å². The zero-order valence-electron chi connectivity index (χ0n) is 12.3. The monoisotopic (exact) mass is 372 g/mol. The Bertz CT molecular complexity index is 881. The number of fused-ring (bicyclic) bond motifs is 1. The molecule has 130 valence electrons. The minimum Gasteiger partial charge on any atom is -0.459 e. The first-order valence-electron chi connectivity index (χ1n) is 7.45. The molecule has 1 aromatic carbocycles. The molecule has 3 aliphatic rings. The summed E-state index contributed by atoms with van der Waals surface area (Å²) in [6.07, 6.45) is -0.346. The highest BCUT2D eigenvalue weighted by Gasteiger charge is 2.63. The quantitative estimate of drug-likeness (QED) is 0.706. The van der Waals surface area contributed by atoms with Crippen LogP contribution in [0, 0.1) is 17.8 Å². The third kappa shape index (κ3) is 2.53. The predicted molar refractivity (Wildman–Crippen MR) is 80.4 cm³/mol. The molecule has 1 aromatic rings. The van der Waals surface area contributed by atoms with Gasteiger partial charge >= 0.3 is 5.97 Å². The average Bonchev–Trinajstić information content (AvgIpc) is 3.12. The largest absolute Gasteiger partial charge is 0.459 e. The van der Waals surface area contributed by atoms with E-state index in [1.165, 1.54) is 24.3 Å². The van der Waals surface area contributed by atoms with E-state index >= 15 is 0 Å². The number of sulfonamides is 1. The van der Waals surface area contributed by atoms with Crippen molar-refractivity contribution in [2.24, 2.45) is 17.8 Å². The third-order valence-corrected chi connectivity index (χ3v) is 7.73. The Balaban J connectivity index is 1.52. The van der Waals surface area contributed by atoms with Crippen LogP contribution in [-0.4, -0.2) is 35.0 Å². The van der Waals surface area contributed by atoms with Crippen molar-refractivity contribution in [1.82, 2.24) is 0 Å². The molecular weight excluding hydrogens is 358 g/mol. The second-order valence-electron chi connectivity index (χ2n) is 6.25. The first-order chi connectivity index (χ1) is 11.3. The van der Waals surface area contributed by atoms with Crippen molar-refractivity contribution in [2.45, 2.75) is 29.9 Å². The summed E-state index contributed by atoms with van der Waals surface area (Å²) in [5.41, 5.74) is 0. The molecule has 0 aromatic heterocycles. The lowest BCUT2D eigenvalue weighted by atomic mass is 9.88. The highest BCUT2D eigenvalue weighted by atomic mass is 32.3. The number of carbonyl (C=O) groups is 1. The van der Waals surface area contributed by atoms with Crippen molar-refractivity contribution in [3.8, 4) is 0 Å². The third-order valence-electron chi connectivity index (χ3n) is 4.88. The molecule has 5 atom stereocenters. The molecule has 1 heterocycles. The lowest BCUT2D eigenvalue weighted by molar-refractivity contribution is -0.145. The highest BCUT2D eigenvalue weighted by molar-refractivity contribution is 8.10. The molecule has 2 bridgehead atoms. The van der Waals surface area contributed by atoms with Crippen LogP contribution in [-0.2, 0) is 34.0 Å². The molecule has 8 nitrogen and oxygen atoms in total. The van der Waals surface area contributed by atoms with Gasteiger partial charge < -0.3 is 8.86 Å². The van der Waals surface area contributed by atoms with Gasteiger partial charge in [-0.05, 0) is 30.9 Å². The number of hydrogen-bond donors (Lipinski definition) is 0. The maximum Gasteiger partial charge on any atom is 0.309 e. The number of rotatable bonds is 5. The van der Waals surface area contributed by atoms with E-state index < -0.39 is 32.5 Å². The van der Waals surface area contributed by atoms with E-state index in [1.54, 1.807) is 6.07 Å². The van der Waals surface area contributed by atoms with Crippen LogP contribution in [0.2, 0.25) is 0 Å². The van der Waals surface area contributed by atoms with Crippen LogP contribution in [0.5, 0.6) is 0 Å². The van der Waals surface area contributed by atoms with Gasteiger partial charge in [0.1, 0.15) is 22.2 Å². The van der Waals surface area contributed by atoms with Crippen LogP contribution in [0.15, 0.2) is 35.2 Å². The Morgan fingerprint density at radius 2 is 1.79 bits per heavy atom. The number of nitrogens with zero attached hydrogens (tertiary/aromatic N) is 1. The average molecular weight is 372 g/mol. The Morgan fingerprint density at radius 3 is 2.50 bits per heavy atom. The maximum absolute atomic E-state index is 12.1. The summed E-state index contributed by atoms with van der Waals surface area (Å²) in [4.78, 5) is 11.4. The van der Waals surface area contributed by atoms with Gasteiger partial charge in [0.25, 0.3) is 0 Å². The molecule has 24 heavy (non-hydrogen) atoms. The van der Waals surface area contributed by atoms with Gasteiger partial charge in [0.2, 0.25) is 10.3 Å². The zero-order valence-corrected chi connectivity index (χ0v) is 13.9. The minimum atomic E-state index is -4.69. The van der Waals surface area contributed by atoms with E-state index in [1.807, 2.05) is 0 Å². The smallest absolute Gasteiger partial charge is 0.309 e. The molecule has 0 spiro atoms. The summed E-state index contributed by atoms with van der Waals surface area (Å²) in [6.45, 7) is 0. The summed E-state index contributed by atoms with van der Waals surface area (Å²) in [5.74, 6) is -0.702. The normalized spacial score (nSPS) is 34.5. The molecule has 4 rings (SSSR count). The molecule has 10 heteroatoms. The van der Waals surface area contributed by atoms with Crippen molar-refractivity contribution in [3.05, 3.63) is 34.5 Å². The first-order valence-corrected chi connectivity index (χ1v) is 10.3. The van der Waals surface area contributed by atoms with Crippen LogP contribution >= 0.6 is 0 Å². The number of ether oxygens (including phenoxy) is 1. The van der Waals surface area contributed by atoms with Gasteiger partial charge in [-0.2, -0.15) is 0 Å². The minimum absolute atomic E-state index is 0.0477. The van der Waals surface area contributed by atoms with Crippen LogP contribution in [0.4, 0.5) is 0 Å². The van der Waals surface area contributed by atoms with Crippen LogP contribution in [0.1, 0.15) is 12.8 Å². The molecule has 2 aliphatic carbocycles. The fourth-order valence-electron chi connectivity index (χ4n) is 3.95. The lowest BCUT2D eigenvalue weighted by Crippen LogP contribution is -2.36. The van der Waals surface area contributed by atoms with Crippen molar-refractivity contribution in [3.63, 3.8) is 0 Å². The second kappa shape index (κ2) is 5.25. The van der Waals surface area contributed by atoms with Crippen molar-refractivity contribution >= 4 is 26.3 Å². The van der Waals surface area contributed by atoms with Crippen LogP contribution in [0.25, 0.3) is 4.13 Å². The van der Waals surface area contributed by atoms with E-state index in [2.05, 4.69) is 4.13 Å². The van der Waals surface area contributed by atoms with Crippen molar-refractivity contribution < 1.29 is 30.6 Å². The standard InChI is InChI=1S/C14H14NO7S2/c16-14-11-7-8-6-10(11)13(21-14)12(8)22-24(19,20)15-23(17,18)9-4-2-1-3-5-9/h1-5,8,10-13H,6-7H2/q-1. The molecule has 1 aliphatic heterocycles. The predicted octanol–water partition coefficient (Wildman–Crippen LogP) is 0.960. The number of benzene rings is 1. The first kappa shape index (κ1) is 16.0. The van der Waals surface area contributed by atoms with E-state index in [4.69, 9.17) is 8.92 Å². The molecule has 0 N–H and O–H groups in total. The van der Waals surface area contributed by atoms with Crippen molar-refractivity contribution in [2.75, 3.05) is 0 Å². The molecule has 3 fully saturated rings. The van der Waals surface area contributed by atoms with E-state index in [0.29, 0.717) is 12.8 Å². The Labute approximate surface area is 139 Å². The lowest BCUT2D eigenvalue weighted by Gasteiger charge is -2.28. The van der Waals surface area contributed by atoms with Gasteiger partial charge in [-0.15, -0.1) is 0 Å². The van der Waals surface area contributed by atoms with Crippen LogP contribution in [0.3, 0.4) is 0 Å². The highest BCUT2D eigenvalue weighted by Crippen LogP contribution is 2.55. The number of hydrogen-bond acceptors (Lipinski definition) is 7. The molecule has 5 unspecified atom stereocenters. The number of carbonyl (C=O) groups excluding carboxylic acids is 1. The fourth-order valence-corrected chi connectivity index (χ4v) is 6.44. The second-order valence-corrected chi connectivity index (χ2v) is 9.32. The molecule has 0 amide bonds. The summed E-state index contributed by atoms with van der Waals surface area (Å²) in [7, 11) is -9.08. The number of esters is 1. The Kier molecular flexibility index (Phi) is 3.50. The molecular formula is C14H14NO7S2-. The Morgan fingerprint density at radius 1 is 1.08 bits per heavy atom. The van der Waals surface area contributed by atoms with E-state index in [0.717, 1.165) is 0 Å². The molecule has 0 radical (unpaired) electrons. The Hall–Kier alpha value is -1.49. The van der Waals surface area contributed by atoms with Gasteiger partial charge in [0, 0.05) is 10.8 Å². The van der Waals surface area contributed by atoms with Gasteiger partial charge in [0.05, 0.1) is 5.92 Å². The van der Waals surface area contributed by atoms with Gasteiger partial charge in [-0.3, -0.25) is 8.98 Å². The maximum atomic E-state index is 12.1. The summed E-state index contributed by atoms with van der Waals surface area (Å²) >= 11 is 0. The van der Waals surface area contributed by atoms with Crippen molar-refractivity contribution in [1.29, 1.82) is 0 Å². The van der Waals surface area contributed by atoms with E-state index in [9.17, 15) is 21.6 Å². The van der Waals surface area contributed by atoms with Gasteiger partial charge in [0.15, 0.2) is 0 Å². The van der Waals surface area contributed by atoms with E-state index in [-0.39, 0.29) is 28.6 Å². The zero-order chi connectivity index (χ0) is 17.1. The molecule has 2 saturated carbocycles. The fraction of sp³-hybridized carbons (Fsp3) is 0.500. The summed E-state index contributed by atoms with van der Waals surface area (Å²) < 4.78 is 61.5. The van der Waals surface area contributed by atoms with Gasteiger partial charge in [-0.1, -0.05) is 18.2 Å². The van der Waals surface area contributed by atoms with Gasteiger partial charge in [-0.25, -0.2) is 16.8 Å². The summed E-state index contributed by atoms with van der Waals surface area (Å²) in [5, 5.41) is 0. The SMILES string of the molecule is O=C1OC2C3CC(CC13)C2OS(=O)(=O)[N-]S(=O)(=O)c1ccccc1. The molecule has 1 saturated heterocycles. The summed E-state index contributed by atoms with van der Waals surface area (Å²) in [6, 6.07) is 7.02.